The third kappa shape index (κ3) is 3.52. The van der Waals surface area contributed by atoms with E-state index in [4.69, 9.17) is 11.6 Å². The first-order valence-electron chi connectivity index (χ1n) is 5.39. The Balaban J connectivity index is 2.96. The maximum Gasteiger partial charge on any atom is 0.329 e. The van der Waals surface area contributed by atoms with E-state index in [0.717, 1.165) is 12.6 Å². The predicted octanol–water partition coefficient (Wildman–Crippen LogP) is 2.88. The van der Waals surface area contributed by atoms with Crippen LogP contribution in [0, 0.1) is 16.0 Å². The molecule has 0 saturated carbocycles. The van der Waals surface area contributed by atoms with Crippen molar-refractivity contribution < 1.29 is 4.92 Å². The van der Waals surface area contributed by atoms with Crippen LogP contribution in [0.5, 0.6) is 0 Å². The fourth-order valence-electron chi connectivity index (χ4n) is 1.31. The molecule has 1 aromatic rings. The average molecular weight is 259 g/mol. The van der Waals surface area contributed by atoms with Crippen molar-refractivity contribution in [2.75, 3.05) is 5.32 Å². The van der Waals surface area contributed by atoms with Crippen molar-refractivity contribution in [2.45, 2.75) is 33.2 Å². The topological polar surface area (TPSA) is 81.0 Å². The highest BCUT2D eigenvalue weighted by Crippen LogP contribution is 2.24. The summed E-state index contributed by atoms with van der Waals surface area (Å²) in [4.78, 5) is 17.7. The minimum atomic E-state index is -0.526. The minimum Gasteiger partial charge on any atom is -0.361 e. The van der Waals surface area contributed by atoms with Crippen molar-refractivity contribution in [3.63, 3.8) is 0 Å². The van der Waals surface area contributed by atoms with E-state index < -0.39 is 4.92 Å². The first kappa shape index (κ1) is 13.6. The number of hydrogen-bond donors (Lipinski definition) is 1. The molecule has 0 bridgehead atoms. The molecule has 1 heterocycles. The van der Waals surface area contributed by atoms with Crippen molar-refractivity contribution in [2.24, 2.45) is 5.92 Å². The fraction of sp³-hybridized carbons (Fsp3) is 0.600. The maximum absolute atomic E-state index is 10.8. The molecule has 0 aliphatic rings. The average Bonchev–Trinajstić information content (AvgIpc) is 2.27. The van der Waals surface area contributed by atoms with Crippen LogP contribution in [0.3, 0.4) is 0 Å². The molecule has 2 atom stereocenters. The molecule has 0 aliphatic carbocycles. The lowest BCUT2D eigenvalue weighted by Crippen LogP contribution is -2.24. The molecule has 1 rings (SSSR count). The van der Waals surface area contributed by atoms with Gasteiger partial charge in [0.05, 0.1) is 4.92 Å². The Morgan fingerprint density at radius 2 is 2.24 bits per heavy atom. The first-order chi connectivity index (χ1) is 7.95. The van der Waals surface area contributed by atoms with Crippen LogP contribution in [0.4, 0.5) is 11.5 Å². The van der Waals surface area contributed by atoms with E-state index in [1.165, 1.54) is 0 Å². The zero-order chi connectivity index (χ0) is 13.0. The molecule has 0 saturated heterocycles. The lowest BCUT2D eigenvalue weighted by Gasteiger charge is -2.20. The third-order valence-electron chi connectivity index (χ3n) is 2.80. The van der Waals surface area contributed by atoms with Gasteiger partial charge in [0.15, 0.2) is 0 Å². The summed E-state index contributed by atoms with van der Waals surface area (Å²) in [6.45, 7) is 6.07. The van der Waals surface area contributed by atoms with Crippen molar-refractivity contribution in [1.82, 2.24) is 9.97 Å². The van der Waals surface area contributed by atoms with E-state index in [-0.39, 0.29) is 22.8 Å². The highest BCUT2D eigenvalue weighted by molar-refractivity contribution is 6.28. The molecule has 0 fully saturated rings. The molecule has 2 unspecified atom stereocenters. The third-order valence-corrected chi connectivity index (χ3v) is 2.98. The van der Waals surface area contributed by atoms with E-state index in [2.05, 4.69) is 29.1 Å². The fourth-order valence-corrected chi connectivity index (χ4v) is 1.44. The van der Waals surface area contributed by atoms with Gasteiger partial charge in [-0.15, -0.1) is 0 Å². The summed E-state index contributed by atoms with van der Waals surface area (Å²) in [6.07, 6.45) is 2.09. The second kappa shape index (κ2) is 5.77. The zero-order valence-electron chi connectivity index (χ0n) is 9.98. The molecular weight excluding hydrogens is 244 g/mol. The molecule has 94 valence electrons. The second-order valence-corrected chi connectivity index (χ2v) is 4.29. The second-order valence-electron chi connectivity index (χ2n) is 3.95. The lowest BCUT2D eigenvalue weighted by molar-refractivity contribution is -0.384. The number of aromatic nitrogens is 2. The Bertz CT molecular complexity index is 413. The highest BCUT2D eigenvalue weighted by atomic mass is 35.5. The van der Waals surface area contributed by atoms with Crippen LogP contribution in [0.25, 0.3) is 0 Å². The van der Waals surface area contributed by atoms with E-state index in [0.29, 0.717) is 5.92 Å². The number of halogens is 1. The number of hydrogen-bond acceptors (Lipinski definition) is 5. The van der Waals surface area contributed by atoms with Crippen LogP contribution in [-0.2, 0) is 0 Å². The van der Waals surface area contributed by atoms with E-state index in [1.807, 2.05) is 6.92 Å². The normalized spacial score (nSPS) is 14.1. The monoisotopic (exact) mass is 258 g/mol. The van der Waals surface area contributed by atoms with E-state index in [1.54, 1.807) is 0 Å². The molecule has 17 heavy (non-hydrogen) atoms. The van der Waals surface area contributed by atoms with Gasteiger partial charge in [-0.05, 0) is 24.4 Å². The van der Waals surface area contributed by atoms with Crippen molar-refractivity contribution in [1.29, 1.82) is 0 Å². The van der Waals surface area contributed by atoms with Crippen LogP contribution < -0.4 is 5.32 Å². The SMILES string of the molecule is CCC(C)C(C)Nc1nc(Cl)ncc1[N+](=O)[O-]. The summed E-state index contributed by atoms with van der Waals surface area (Å²) in [5, 5.41) is 13.8. The summed E-state index contributed by atoms with van der Waals surface area (Å²) in [5.41, 5.74) is -0.162. The van der Waals surface area contributed by atoms with E-state index in [9.17, 15) is 10.1 Å². The molecule has 1 aromatic heterocycles. The number of nitrogens with zero attached hydrogens (tertiary/aromatic N) is 3. The van der Waals surface area contributed by atoms with Crippen molar-refractivity contribution in [3.8, 4) is 0 Å². The quantitative estimate of drug-likeness (QED) is 0.499. The number of anilines is 1. The molecule has 0 radical (unpaired) electrons. The molecule has 0 amide bonds. The van der Waals surface area contributed by atoms with Gasteiger partial charge in [0.2, 0.25) is 11.1 Å². The minimum absolute atomic E-state index is 0.00514. The number of nitro groups is 1. The molecule has 7 heteroatoms. The largest absolute Gasteiger partial charge is 0.361 e. The van der Waals surface area contributed by atoms with Gasteiger partial charge in [0.25, 0.3) is 0 Å². The van der Waals surface area contributed by atoms with Gasteiger partial charge in [0.1, 0.15) is 6.20 Å². The summed E-state index contributed by atoms with van der Waals surface area (Å²) < 4.78 is 0. The van der Waals surface area contributed by atoms with Crippen LogP contribution in [0.1, 0.15) is 27.2 Å². The predicted molar refractivity (Wildman–Crippen MR) is 66.2 cm³/mol. The number of rotatable bonds is 5. The van der Waals surface area contributed by atoms with Crippen LogP contribution in [-0.4, -0.2) is 20.9 Å². The molecular formula is C10H15ClN4O2. The molecule has 6 nitrogen and oxygen atoms in total. The van der Waals surface area contributed by atoms with Crippen LogP contribution in [0.2, 0.25) is 5.28 Å². The standard InChI is InChI=1S/C10H15ClN4O2/c1-4-6(2)7(3)13-9-8(15(16)17)5-12-10(11)14-9/h5-7H,4H2,1-3H3,(H,12,13,14). The van der Waals surface area contributed by atoms with Gasteiger partial charge in [-0.25, -0.2) is 4.98 Å². The Labute approximate surface area is 105 Å². The van der Waals surface area contributed by atoms with Crippen LogP contribution >= 0.6 is 11.6 Å². The smallest absolute Gasteiger partial charge is 0.329 e. The van der Waals surface area contributed by atoms with Gasteiger partial charge in [0, 0.05) is 6.04 Å². The van der Waals surface area contributed by atoms with Gasteiger partial charge < -0.3 is 5.32 Å². The molecule has 1 N–H and O–H groups in total. The lowest BCUT2D eigenvalue weighted by atomic mass is 10.0. The Morgan fingerprint density at radius 3 is 2.76 bits per heavy atom. The van der Waals surface area contributed by atoms with Gasteiger partial charge >= 0.3 is 5.69 Å². The van der Waals surface area contributed by atoms with Gasteiger partial charge in [-0.1, -0.05) is 20.3 Å². The summed E-state index contributed by atoms with van der Waals surface area (Å²) in [7, 11) is 0. The van der Waals surface area contributed by atoms with Gasteiger partial charge in [-0.2, -0.15) is 4.98 Å². The Hall–Kier alpha value is -1.43. The Morgan fingerprint density at radius 1 is 1.59 bits per heavy atom. The maximum atomic E-state index is 10.8. The zero-order valence-corrected chi connectivity index (χ0v) is 10.7. The summed E-state index contributed by atoms with van der Waals surface area (Å²) >= 11 is 5.63. The van der Waals surface area contributed by atoms with Crippen molar-refractivity contribution >= 4 is 23.1 Å². The van der Waals surface area contributed by atoms with E-state index >= 15 is 0 Å². The molecule has 0 spiro atoms. The number of nitrogens with one attached hydrogen (secondary N) is 1. The van der Waals surface area contributed by atoms with Crippen molar-refractivity contribution in [3.05, 3.63) is 21.6 Å². The Kier molecular flexibility index (Phi) is 4.62. The molecule has 0 aromatic carbocycles. The summed E-state index contributed by atoms with van der Waals surface area (Å²) in [6, 6.07) is 0.0738. The molecule has 0 aliphatic heterocycles. The highest BCUT2D eigenvalue weighted by Gasteiger charge is 2.20. The summed E-state index contributed by atoms with van der Waals surface area (Å²) in [5.74, 6) is 0.547. The van der Waals surface area contributed by atoms with Crippen LogP contribution in [0.15, 0.2) is 6.20 Å². The first-order valence-corrected chi connectivity index (χ1v) is 5.77. The van der Waals surface area contributed by atoms with Gasteiger partial charge in [-0.3, -0.25) is 10.1 Å².